The van der Waals surface area contributed by atoms with Gasteiger partial charge >= 0.3 is 9.75 Å². The van der Waals surface area contributed by atoms with Gasteiger partial charge < -0.3 is 9.72 Å². The van der Waals surface area contributed by atoms with Crippen LogP contribution in [0.25, 0.3) is 20.4 Å². The second-order valence-corrected chi connectivity index (χ2v) is 18.1. The third-order valence-corrected chi connectivity index (χ3v) is 10.8. The lowest BCUT2D eigenvalue weighted by atomic mass is 10.3. The van der Waals surface area contributed by atoms with Gasteiger partial charge in [-0.05, 0) is 62.2 Å². The molecule has 5 nitrogen and oxygen atoms in total. The first kappa shape index (κ1) is 26.1. The highest BCUT2D eigenvalue weighted by Gasteiger charge is 2.14. The Morgan fingerprint density at radius 2 is 1.62 bits per heavy atom. The summed E-state index contributed by atoms with van der Waals surface area (Å²) in [4.78, 5) is 25.5. The Kier molecular flexibility index (Phi) is 8.87. The fourth-order valence-electron chi connectivity index (χ4n) is 2.69. The van der Waals surface area contributed by atoms with Gasteiger partial charge in [-0.3, -0.25) is 14.2 Å². The summed E-state index contributed by atoms with van der Waals surface area (Å²) in [6.07, 6.45) is 0. The molecule has 172 valence electrons. The zero-order valence-corrected chi connectivity index (χ0v) is 24.7. The number of thiazole rings is 2. The van der Waals surface area contributed by atoms with Crippen molar-refractivity contribution in [2.45, 2.75) is 32.4 Å². The number of nitrogens with zero attached hydrogens (tertiary/aromatic N) is 1. The van der Waals surface area contributed by atoms with Gasteiger partial charge in [-0.1, -0.05) is 65.5 Å². The first-order valence-corrected chi connectivity index (χ1v) is 17.2. The summed E-state index contributed by atoms with van der Waals surface area (Å²) in [6.45, 7) is 7.91. The molecule has 0 fully saturated rings. The number of hydrogen-bond donors (Lipinski definition) is 1. The lowest BCUT2D eigenvalue weighted by Gasteiger charge is -2.15. The van der Waals surface area contributed by atoms with Crippen molar-refractivity contribution in [2.24, 2.45) is 0 Å². The first-order valence-electron chi connectivity index (χ1n) is 9.50. The van der Waals surface area contributed by atoms with Crippen molar-refractivity contribution < 1.29 is 4.74 Å². The number of H-pyrrole nitrogens is 1. The zero-order chi connectivity index (χ0) is 23.6. The average Bonchev–Trinajstić information content (AvgIpc) is 3.25. The monoisotopic (exact) mass is 656 g/mol. The fourth-order valence-corrected chi connectivity index (χ4v) is 6.62. The number of halogens is 4. The second kappa shape index (κ2) is 10.9. The summed E-state index contributed by atoms with van der Waals surface area (Å²) in [7, 11) is -1.10. The molecule has 0 spiro atoms. The predicted molar refractivity (Wildman–Crippen MR) is 148 cm³/mol. The molecular formula is C20H20Br2Cl2N2O3S2Si. The molecule has 2 heterocycles. The smallest absolute Gasteiger partial charge is 0.310 e. The lowest BCUT2D eigenvalue weighted by Crippen LogP contribution is -2.23. The van der Waals surface area contributed by atoms with Crippen LogP contribution >= 0.6 is 77.7 Å². The van der Waals surface area contributed by atoms with E-state index in [9.17, 15) is 9.59 Å². The van der Waals surface area contributed by atoms with Gasteiger partial charge in [0.25, 0.3) is 0 Å². The van der Waals surface area contributed by atoms with Crippen LogP contribution in [-0.4, -0.2) is 24.2 Å². The van der Waals surface area contributed by atoms with Gasteiger partial charge in [0.15, 0.2) is 0 Å². The van der Waals surface area contributed by atoms with E-state index in [1.807, 2.05) is 24.3 Å². The molecule has 2 aromatic heterocycles. The Labute approximate surface area is 220 Å². The molecule has 0 radical (unpaired) electrons. The summed E-state index contributed by atoms with van der Waals surface area (Å²) >= 11 is 21.1. The third kappa shape index (κ3) is 6.35. The molecule has 0 saturated heterocycles. The number of benzene rings is 2. The maximum absolute atomic E-state index is 12.0. The first-order chi connectivity index (χ1) is 15.0. The van der Waals surface area contributed by atoms with E-state index < -0.39 is 8.07 Å². The van der Waals surface area contributed by atoms with E-state index in [1.54, 1.807) is 4.57 Å². The standard InChI is InChI=1S/C13H17BrClNO2SSi.C7H3BrClNOS/c1-20(2,3)7-6-18-8-16-10-5-4-9(14)11(15)12(10)19-13(16)17;8-3-1-2-4-6(5(3)9)12-7(11)10-4/h4-5H,6-8H2,1-3H3;1-2H,(H,10,11). The molecule has 0 atom stereocenters. The largest absolute Gasteiger partial charge is 0.361 e. The van der Waals surface area contributed by atoms with Crippen LogP contribution in [0.4, 0.5) is 0 Å². The van der Waals surface area contributed by atoms with Crippen molar-refractivity contribution in [1.29, 1.82) is 0 Å². The number of hydrogen-bond acceptors (Lipinski definition) is 5. The van der Waals surface area contributed by atoms with E-state index >= 15 is 0 Å². The molecule has 1 N–H and O–H groups in total. The van der Waals surface area contributed by atoms with Crippen molar-refractivity contribution in [3.05, 3.63) is 62.6 Å². The number of nitrogens with one attached hydrogen (secondary N) is 1. The summed E-state index contributed by atoms with van der Waals surface area (Å²) in [6, 6.07) is 8.48. The maximum atomic E-state index is 12.0. The van der Waals surface area contributed by atoms with E-state index in [0.717, 1.165) is 58.1 Å². The van der Waals surface area contributed by atoms with Gasteiger partial charge in [-0.25, -0.2) is 0 Å². The van der Waals surface area contributed by atoms with E-state index in [2.05, 4.69) is 56.5 Å². The minimum Gasteiger partial charge on any atom is -0.361 e. The van der Waals surface area contributed by atoms with Crippen LogP contribution in [0, 0.1) is 0 Å². The fraction of sp³-hybridized carbons (Fsp3) is 0.300. The molecular weight excluding hydrogens is 639 g/mol. The molecule has 4 rings (SSSR count). The van der Waals surface area contributed by atoms with Crippen LogP contribution in [-0.2, 0) is 11.5 Å². The van der Waals surface area contributed by atoms with E-state index in [-0.39, 0.29) is 9.75 Å². The SMILES string of the molecule is C[Si](C)(C)CCOCn1c(=O)sc2c(Cl)c(Br)ccc21.O=c1[nH]c2ccc(Br)c(Cl)c2s1. The molecule has 32 heavy (non-hydrogen) atoms. The van der Waals surface area contributed by atoms with Crippen LogP contribution in [0.2, 0.25) is 35.7 Å². The lowest BCUT2D eigenvalue weighted by molar-refractivity contribution is 0.0888. The Morgan fingerprint density at radius 3 is 2.28 bits per heavy atom. The summed E-state index contributed by atoms with van der Waals surface area (Å²) < 4.78 is 10.5. The third-order valence-electron chi connectivity index (χ3n) is 4.43. The zero-order valence-electron chi connectivity index (χ0n) is 17.4. The van der Waals surface area contributed by atoms with Gasteiger partial charge in [0, 0.05) is 23.6 Å². The quantitative estimate of drug-likeness (QED) is 0.176. The predicted octanol–water partition coefficient (Wildman–Crippen LogP) is 7.80. The van der Waals surface area contributed by atoms with Gasteiger partial charge in [0.2, 0.25) is 0 Å². The average molecular weight is 659 g/mol. The second-order valence-electron chi connectivity index (χ2n) is 8.11. The number of aromatic nitrogens is 2. The number of aromatic amines is 1. The van der Waals surface area contributed by atoms with Crippen LogP contribution in [0.5, 0.6) is 0 Å². The highest BCUT2D eigenvalue weighted by Crippen LogP contribution is 2.33. The number of rotatable bonds is 5. The Hall–Kier alpha value is -0.463. The van der Waals surface area contributed by atoms with Crippen molar-refractivity contribution in [3.8, 4) is 0 Å². The molecule has 12 heteroatoms. The van der Waals surface area contributed by atoms with Crippen LogP contribution in [0.15, 0.2) is 42.8 Å². The molecule has 0 amide bonds. The minimum atomic E-state index is -1.10. The van der Waals surface area contributed by atoms with Crippen molar-refractivity contribution in [2.75, 3.05) is 6.61 Å². The molecule has 2 aromatic carbocycles. The van der Waals surface area contributed by atoms with Crippen molar-refractivity contribution in [1.82, 2.24) is 9.55 Å². The highest BCUT2D eigenvalue weighted by atomic mass is 79.9. The van der Waals surface area contributed by atoms with Crippen LogP contribution in [0.1, 0.15) is 0 Å². The van der Waals surface area contributed by atoms with Crippen LogP contribution < -0.4 is 9.75 Å². The van der Waals surface area contributed by atoms with Crippen molar-refractivity contribution in [3.63, 3.8) is 0 Å². The summed E-state index contributed by atoms with van der Waals surface area (Å²) in [5.74, 6) is 0. The molecule has 0 aliphatic heterocycles. The summed E-state index contributed by atoms with van der Waals surface area (Å²) in [5.41, 5.74) is 1.62. The van der Waals surface area contributed by atoms with Gasteiger partial charge in [-0.15, -0.1) is 0 Å². The molecule has 4 aromatic rings. The van der Waals surface area contributed by atoms with Gasteiger partial charge in [0.1, 0.15) is 6.73 Å². The van der Waals surface area contributed by atoms with E-state index in [4.69, 9.17) is 27.9 Å². The molecule has 0 aliphatic rings. The normalized spacial score (nSPS) is 11.7. The van der Waals surface area contributed by atoms with E-state index in [0.29, 0.717) is 23.4 Å². The Morgan fingerprint density at radius 1 is 1.00 bits per heavy atom. The number of fused-ring (bicyclic) bond motifs is 2. The highest BCUT2D eigenvalue weighted by molar-refractivity contribution is 9.10. The maximum Gasteiger partial charge on any atom is 0.310 e. The van der Waals surface area contributed by atoms with Gasteiger partial charge in [0.05, 0.1) is 30.5 Å². The summed E-state index contributed by atoms with van der Waals surface area (Å²) in [5, 5.41) is 1.18. The number of ether oxygens (including phenoxy) is 1. The molecule has 0 saturated carbocycles. The topological polar surface area (TPSA) is 64.1 Å². The van der Waals surface area contributed by atoms with Crippen LogP contribution in [0.3, 0.4) is 0 Å². The Balaban J connectivity index is 0.000000204. The molecule has 0 aliphatic carbocycles. The molecule has 0 bridgehead atoms. The van der Waals surface area contributed by atoms with E-state index in [1.165, 1.54) is 0 Å². The van der Waals surface area contributed by atoms with Crippen molar-refractivity contribution >= 4 is 106 Å². The minimum absolute atomic E-state index is 0.0343. The molecule has 0 unspecified atom stereocenters. The van der Waals surface area contributed by atoms with Gasteiger partial charge in [-0.2, -0.15) is 0 Å². The Bertz CT molecular complexity index is 1380.